The van der Waals surface area contributed by atoms with Crippen molar-refractivity contribution in [2.24, 2.45) is 7.05 Å². The molecule has 94 valence electrons. The Kier molecular flexibility index (Phi) is 3.04. The van der Waals surface area contributed by atoms with Gasteiger partial charge in [-0.2, -0.15) is 10.1 Å². The predicted octanol–water partition coefficient (Wildman–Crippen LogP) is -0.302. The van der Waals surface area contributed by atoms with Crippen molar-refractivity contribution in [2.75, 3.05) is 5.43 Å². The summed E-state index contributed by atoms with van der Waals surface area (Å²) in [6.45, 7) is 0. The number of nitro groups is 1. The highest BCUT2D eigenvalue weighted by atomic mass is 16.7. The molecule has 0 radical (unpaired) electrons. The number of nitrogens with zero attached hydrogens (tertiary/aromatic N) is 4. The quantitative estimate of drug-likeness (QED) is 0.568. The highest BCUT2D eigenvalue weighted by molar-refractivity contribution is 5.24. The van der Waals surface area contributed by atoms with Crippen molar-refractivity contribution in [1.29, 1.82) is 0 Å². The van der Waals surface area contributed by atoms with Crippen LogP contribution in [0.5, 0.6) is 0 Å². The van der Waals surface area contributed by atoms with E-state index in [9.17, 15) is 14.9 Å². The van der Waals surface area contributed by atoms with Crippen LogP contribution >= 0.6 is 0 Å². The molecule has 9 heteroatoms. The highest BCUT2D eigenvalue weighted by Crippen LogP contribution is 2.04. The van der Waals surface area contributed by atoms with Gasteiger partial charge in [0.05, 0.1) is 6.20 Å². The van der Waals surface area contributed by atoms with E-state index < -0.39 is 10.6 Å². The summed E-state index contributed by atoms with van der Waals surface area (Å²) >= 11 is 0. The second-order valence-corrected chi connectivity index (χ2v) is 3.65. The topological polar surface area (TPSA) is 119 Å². The molecule has 0 atom stereocenters. The molecule has 0 aromatic carbocycles. The Morgan fingerprint density at radius 2 is 2.39 bits per heavy atom. The van der Waals surface area contributed by atoms with Crippen LogP contribution in [0.3, 0.4) is 0 Å². The third-order valence-corrected chi connectivity index (χ3v) is 2.22. The van der Waals surface area contributed by atoms with E-state index in [-0.39, 0.29) is 5.95 Å². The zero-order valence-electron chi connectivity index (χ0n) is 9.45. The van der Waals surface area contributed by atoms with Gasteiger partial charge in [-0.3, -0.25) is 9.48 Å². The fourth-order valence-electron chi connectivity index (χ4n) is 1.48. The molecule has 18 heavy (non-hydrogen) atoms. The number of aromatic nitrogens is 4. The van der Waals surface area contributed by atoms with Crippen LogP contribution in [0.2, 0.25) is 0 Å². The third kappa shape index (κ3) is 2.70. The van der Waals surface area contributed by atoms with Gasteiger partial charge in [0.25, 0.3) is 11.5 Å². The maximum atomic E-state index is 11.6. The summed E-state index contributed by atoms with van der Waals surface area (Å²) in [7, 11) is 1.77. The number of H-pyrrole nitrogens is 1. The van der Waals surface area contributed by atoms with E-state index in [0.29, 0.717) is 12.0 Å². The van der Waals surface area contributed by atoms with Crippen molar-refractivity contribution in [1.82, 2.24) is 19.7 Å². The van der Waals surface area contributed by atoms with Crippen molar-refractivity contribution < 1.29 is 5.03 Å². The van der Waals surface area contributed by atoms with Gasteiger partial charge in [-0.05, 0) is 5.56 Å². The Labute approximate surface area is 101 Å². The molecular weight excluding hydrogens is 240 g/mol. The minimum Gasteiger partial charge on any atom is -0.328 e. The highest BCUT2D eigenvalue weighted by Gasteiger charge is 2.07. The van der Waals surface area contributed by atoms with E-state index in [4.69, 9.17) is 0 Å². The summed E-state index contributed by atoms with van der Waals surface area (Å²) in [6, 6.07) is 0. The number of rotatable bonds is 4. The Balaban J connectivity index is 2.20. The van der Waals surface area contributed by atoms with E-state index in [1.54, 1.807) is 29.5 Å². The van der Waals surface area contributed by atoms with Crippen LogP contribution in [-0.4, -0.2) is 24.8 Å². The maximum Gasteiger partial charge on any atom is 0.278 e. The van der Waals surface area contributed by atoms with Crippen molar-refractivity contribution >= 4 is 5.95 Å². The third-order valence-electron chi connectivity index (χ3n) is 2.22. The van der Waals surface area contributed by atoms with Crippen LogP contribution in [0.4, 0.5) is 5.95 Å². The van der Waals surface area contributed by atoms with Crippen LogP contribution in [0, 0.1) is 10.1 Å². The van der Waals surface area contributed by atoms with Gasteiger partial charge in [0.1, 0.15) is 0 Å². The molecule has 0 aliphatic heterocycles. The summed E-state index contributed by atoms with van der Waals surface area (Å²) in [5.41, 5.74) is 2.54. The molecule has 0 saturated carbocycles. The molecule has 0 fully saturated rings. The first kappa shape index (κ1) is 11.8. The fraction of sp³-hybridized carbons (Fsp3) is 0.222. The van der Waals surface area contributed by atoms with Crippen LogP contribution < -0.4 is 11.0 Å². The average Bonchev–Trinajstić information content (AvgIpc) is 2.67. The smallest absolute Gasteiger partial charge is 0.278 e. The number of hydrogen-bond donors (Lipinski definition) is 2. The normalized spacial score (nSPS) is 10.3. The van der Waals surface area contributed by atoms with Gasteiger partial charge < -0.3 is 4.98 Å². The number of anilines is 1. The van der Waals surface area contributed by atoms with Crippen LogP contribution in [-0.2, 0) is 13.5 Å². The Bertz CT molecular complexity index is 631. The summed E-state index contributed by atoms with van der Waals surface area (Å²) < 4.78 is 1.62. The SMILES string of the molecule is Cn1cc(Cc2c[nH]c(N[N+](=O)[O-])nc2=O)cn1. The average molecular weight is 250 g/mol. The van der Waals surface area contributed by atoms with Crippen molar-refractivity contribution in [3.8, 4) is 0 Å². The fourth-order valence-corrected chi connectivity index (χ4v) is 1.48. The van der Waals surface area contributed by atoms with Gasteiger partial charge in [-0.25, -0.2) is 10.1 Å². The van der Waals surface area contributed by atoms with Gasteiger partial charge in [-0.15, -0.1) is 0 Å². The van der Waals surface area contributed by atoms with Gasteiger partial charge in [0.2, 0.25) is 0 Å². The van der Waals surface area contributed by atoms with Crippen molar-refractivity contribution in [2.45, 2.75) is 6.42 Å². The first-order valence-corrected chi connectivity index (χ1v) is 5.02. The van der Waals surface area contributed by atoms with E-state index >= 15 is 0 Å². The number of nitrogens with one attached hydrogen (secondary N) is 2. The van der Waals surface area contributed by atoms with E-state index in [1.807, 2.05) is 0 Å². The van der Waals surface area contributed by atoms with Crippen LogP contribution in [0.25, 0.3) is 0 Å². The zero-order valence-corrected chi connectivity index (χ0v) is 9.45. The maximum absolute atomic E-state index is 11.6. The molecule has 9 nitrogen and oxygen atoms in total. The molecule has 2 heterocycles. The molecular formula is C9H10N6O3. The first-order chi connectivity index (χ1) is 8.54. The zero-order chi connectivity index (χ0) is 13.1. The van der Waals surface area contributed by atoms with Gasteiger partial charge in [-0.1, -0.05) is 5.43 Å². The Morgan fingerprint density at radius 3 is 2.94 bits per heavy atom. The number of aryl methyl sites for hydroxylation is 1. The summed E-state index contributed by atoms with van der Waals surface area (Å²) in [6.07, 6.45) is 5.19. The first-order valence-electron chi connectivity index (χ1n) is 5.02. The molecule has 2 N–H and O–H groups in total. The molecule has 2 rings (SSSR count). The molecule has 0 aliphatic carbocycles. The molecule has 0 saturated heterocycles. The number of hydrazine groups is 1. The van der Waals surface area contributed by atoms with Crippen LogP contribution in [0.1, 0.15) is 11.1 Å². The molecule has 0 aliphatic rings. The molecule has 0 bridgehead atoms. The molecule has 2 aromatic heterocycles. The lowest BCUT2D eigenvalue weighted by Crippen LogP contribution is -2.19. The number of aromatic amines is 1. The molecule has 0 spiro atoms. The van der Waals surface area contributed by atoms with E-state index in [0.717, 1.165) is 5.56 Å². The van der Waals surface area contributed by atoms with Crippen LogP contribution in [0.15, 0.2) is 23.4 Å². The standard InChI is InChI=1S/C9H10N6O3/c1-14-5-6(3-11-14)2-7-4-10-9(12-8(7)16)13-15(17)18/h3-5H,2H2,1H3,(H2,10,12,13,16). The lowest BCUT2D eigenvalue weighted by atomic mass is 10.1. The summed E-state index contributed by atoms with van der Waals surface area (Å²) in [5.74, 6) is -0.195. The molecule has 2 aromatic rings. The van der Waals surface area contributed by atoms with Gasteiger partial charge >= 0.3 is 0 Å². The largest absolute Gasteiger partial charge is 0.328 e. The van der Waals surface area contributed by atoms with Crippen molar-refractivity contribution in [3.05, 3.63) is 50.2 Å². The Hall–Kier alpha value is -2.71. The second-order valence-electron chi connectivity index (χ2n) is 3.65. The van der Waals surface area contributed by atoms with Crippen molar-refractivity contribution in [3.63, 3.8) is 0 Å². The monoisotopic (exact) mass is 250 g/mol. The van der Waals surface area contributed by atoms with E-state index in [2.05, 4.69) is 15.1 Å². The van der Waals surface area contributed by atoms with E-state index in [1.165, 1.54) is 6.20 Å². The predicted molar refractivity (Wildman–Crippen MR) is 61.5 cm³/mol. The summed E-state index contributed by atoms with van der Waals surface area (Å²) in [5, 5.41) is 13.4. The lowest BCUT2D eigenvalue weighted by molar-refractivity contribution is -0.446. The minimum atomic E-state index is -0.793. The molecule has 0 amide bonds. The lowest BCUT2D eigenvalue weighted by Gasteiger charge is -1.99. The molecule has 0 unspecified atom stereocenters. The number of hydrogen-bond acceptors (Lipinski definition) is 5. The second kappa shape index (κ2) is 4.65. The minimum absolute atomic E-state index is 0.195. The summed E-state index contributed by atoms with van der Waals surface area (Å²) in [4.78, 5) is 27.9. The van der Waals surface area contributed by atoms with Gasteiger partial charge in [0, 0.05) is 31.4 Å². The van der Waals surface area contributed by atoms with Gasteiger partial charge in [0.15, 0.2) is 5.03 Å². The Morgan fingerprint density at radius 1 is 1.61 bits per heavy atom.